The number of aromatic nitrogens is 3. The second kappa shape index (κ2) is 20.4. The Morgan fingerprint density at radius 1 is 0.956 bits per heavy atom. The molecule has 15 heteroatoms. The molecule has 1 fully saturated rings. The van der Waals surface area contributed by atoms with Gasteiger partial charge in [0.1, 0.15) is 12.1 Å². The zero-order valence-electron chi connectivity index (χ0n) is 27.9. The number of hydrogen-bond acceptors (Lipinski definition) is 11. The van der Waals surface area contributed by atoms with Crippen molar-refractivity contribution >= 4 is 17.7 Å². The van der Waals surface area contributed by atoms with Crippen molar-refractivity contribution in [2.75, 3.05) is 58.9 Å². The summed E-state index contributed by atoms with van der Waals surface area (Å²) in [6.45, 7) is 18.6. The average molecular weight is 639 g/mol. The van der Waals surface area contributed by atoms with E-state index in [-0.39, 0.29) is 18.2 Å². The van der Waals surface area contributed by atoms with Gasteiger partial charge in [-0.15, -0.1) is 5.10 Å². The van der Waals surface area contributed by atoms with E-state index in [0.717, 1.165) is 77.4 Å². The van der Waals surface area contributed by atoms with Gasteiger partial charge >= 0.3 is 0 Å². The molecular formula is C30H58N10O5. The Balaban J connectivity index is 1.87. The Hall–Kier alpha value is -2.69. The highest BCUT2D eigenvalue weighted by molar-refractivity contribution is 5.92. The number of aryl methyl sites for hydroxylation is 1. The predicted molar refractivity (Wildman–Crippen MR) is 171 cm³/mol. The lowest BCUT2D eigenvalue weighted by Gasteiger charge is -2.32. The number of aliphatic hydroxyl groups is 1. The molecule has 1 saturated heterocycles. The Morgan fingerprint density at radius 3 is 2.27 bits per heavy atom. The molecule has 0 aliphatic carbocycles. The first-order chi connectivity index (χ1) is 21.4. The Labute approximate surface area is 268 Å². The summed E-state index contributed by atoms with van der Waals surface area (Å²) in [5, 5.41) is 44.0. The molecule has 0 saturated carbocycles. The largest absolute Gasteiger partial charge is 0.382 e. The van der Waals surface area contributed by atoms with E-state index in [1.807, 2.05) is 40.8 Å². The molecule has 2 rings (SSSR count). The van der Waals surface area contributed by atoms with E-state index >= 15 is 0 Å². The van der Waals surface area contributed by atoms with Crippen LogP contribution in [0.3, 0.4) is 0 Å². The molecule has 3 atom stereocenters. The molecule has 0 aromatic carbocycles. The van der Waals surface area contributed by atoms with Crippen molar-refractivity contribution in [2.24, 2.45) is 17.3 Å². The van der Waals surface area contributed by atoms with E-state index in [1.165, 1.54) is 5.48 Å². The van der Waals surface area contributed by atoms with Gasteiger partial charge in [0.15, 0.2) is 0 Å². The Morgan fingerprint density at radius 2 is 1.62 bits per heavy atom. The van der Waals surface area contributed by atoms with Crippen LogP contribution in [0.2, 0.25) is 0 Å². The van der Waals surface area contributed by atoms with Crippen molar-refractivity contribution < 1.29 is 24.7 Å². The monoisotopic (exact) mass is 638 g/mol. The van der Waals surface area contributed by atoms with Gasteiger partial charge in [0, 0.05) is 52.0 Å². The van der Waals surface area contributed by atoms with E-state index in [1.54, 1.807) is 4.68 Å². The number of hydrogen-bond donors (Lipinski definition) is 8. The highest BCUT2D eigenvalue weighted by Crippen LogP contribution is 2.22. The third-order valence-corrected chi connectivity index (χ3v) is 7.69. The second-order valence-corrected chi connectivity index (χ2v) is 13.3. The third kappa shape index (κ3) is 15.0. The summed E-state index contributed by atoms with van der Waals surface area (Å²) >= 11 is 0. The molecule has 45 heavy (non-hydrogen) atoms. The molecule has 0 spiro atoms. The molecule has 3 unspecified atom stereocenters. The molecule has 1 aromatic rings. The number of carbonyl (C=O) groups is 3. The Kier molecular flexibility index (Phi) is 17.5. The molecule has 2 heterocycles. The van der Waals surface area contributed by atoms with E-state index in [9.17, 15) is 19.5 Å². The SMILES string of the molecule is CC(C)CC(C(=O)NC(C(=O)NCCCn1cc(CN2CCCNCCNCCCNCC2)nn1)C(C)(C)C)C(O)C(=O)NO. The zero-order valence-corrected chi connectivity index (χ0v) is 27.9. The fraction of sp³-hybridized carbons (Fsp3) is 0.833. The second-order valence-electron chi connectivity index (χ2n) is 13.3. The first kappa shape index (κ1) is 38.5. The van der Waals surface area contributed by atoms with Gasteiger partial charge in [-0.25, -0.2) is 5.48 Å². The maximum atomic E-state index is 13.2. The average Bonchev–Trinajstić information content (AvgIpc) is 3.44. The molecule has 15 nitrogen and oxygen atoms in total. The van der Waals surface area contributed by atoms with Gasteiger partial charge in [0.05, 0.1) is 11.6 Å². The minimum absolute atomic E-state index is 0.0140. The standard InChI is InChI=1S/C30H58N10O5/c1-22(2)19-24(25(41)28(43)37-45)27(42)35-26(30(3,4)5)29(44)34-12-8-17-40-21-23(36-38-40)20-39-16-7-11-32-14-13-31-9-6-10-33-15-18-39/h21-22,24-26,31-33,41,45H,6-20H2,1-5H3,(H,34,44)(H,35,42)(H,37,43). The zero-order chi connectivity index (χ0) is 33.2. The van der Waals surface area contributed by atoms with Gasteiger partial charge in [-0.05, 0) is 63.2 Å². The van der Waals surface area contributed by atoms with Crippen LogP contribution < -0.4 is 32.1 Å². The highest BCUT2D eigenvalue weighted by Gasteiger charge is 2.38. The van der Waals surface area contributed by atoms with Gasteiger partial charge in [-0.1, -0.05) is 39.8 Å². The minimum Gasteiger partial charge on any atom is -0.382 e. The van der Waals surface area contributed by atoms with Crippen LogP contribution in [-0.4, -0.2) is 119 Å². The lowest BCUT2D eigenvalue weighted by atomic mass is 9.84. The first-order valence-corrected chi connectivity index (χ1v) is 16.4. The summed E-state index contributed by atoms with van der Waals surface area (Å²) in [6, 6.07) is -0.905. The maximum Gasteiger partial charge on any atom is 0.272 e. The third-order valence-electron chi connectivity index (χ3n) is 7.69. The number of hydroxylamine groups is 1. The molecular weight excluding hydrogens is 580 g/mol. The van der Waals surface area contributed by atoms with Gasteiger partial charge < -0.3 is 31.7 Å². The number of amides is 3. The molecule has 0 bridgehead atoms. The summed E-state index contributed by atoms with van der Waals surface area (Å²) in [5.41, 5.74) is 1.66. The van der Waals surface area contributed by atoms with Crippen LogP contribution in [-0.2, 0) is 27.5 Å². The summed E-state index contributed by atoms with van der Waals surface area (Å²) < 4.78 is 1.78. The van der Waals surface area contributed by atoms with Crippen LogP contribution >= 0.6 is 0 Å². The lowest BCUT2D eigenvalue weighted by molar-refractivity contribution is -0.147. The van der Waals surface area contributed by atoms with Crippen molar-refractivity contribution in [3.8, 4) is 0 Å². The number of carbonyl (C=O) groups excluding carboxylic acids is 3. The molecule has 258 valence electrons. The van der Waals surface area contributed by atoms with Gasteiger partial charge in [-0.2, -0.15) is 0 Å². The van der Waals surface area contributed by atoms with Crippen LogP contribution in [0.4, 0.5) is 0 Å². The van der Waals surface area contributed by atoms with Crippen LogP contribution in [0.1, 0.15) is 66.0 Å². The number of nitrogens with zero attached hydrogens (tertiary/aromatic N) is 4. The van der Waals surface area contributed by atoms with Crippen molar-refractivity contribution in [3.05, 3.63) is 11.9 Å². The van der Waals surface area contributed by atoms with Crippen LogP contribution in [0.25, 0.3) is 0 Å². The van der Waals surface area contributed by atoms with Gasteiger partial charge in [-0.3, -0.25) is 29.2 Å². The minimum atomic E-state index is -1.75. The summed E-state index contributed by atoms with van der Waals surface area (Å²) in [6.07, 6.45) is 3.17. The van der Waals surface area contributed by atoms with Gasteiger partial charge in [0.25, 0.3) is 5.91 Å². The maximum absolute atomic E-state index is 13.2. The summed E-state index contributed by atoms with van der Waals surface area (Å²) in [7, 11) is 0. The fourth-order valence-electron chi connectivity index (χ4n) is 5.19. The fourth-order valence-corrected chi connectivity index (χ4v) is 5.19. The predicted octanol–water partition coefficient (Wildman–Crippen LogP) is -0.791. The van der Waals surface area contributed by atoms with Crippen molar-refractivity contribution in [1.29, 1.82) is 0 Å². The molecule has 3 amide bonds. The van der Waals surface area contributed by atoms with Crippen LogP contribution in [0, 0.1) is 17.3 Å². The lowest BCUT2D eigenvalue weighted by Crippen LogP contribution is -2.56. The Bertz CT molecular complexity index is 1000. The molecule has 1 aliphatic heterocycles. The van der Waals surface area contributed by atoms with E-state index in [2.05, 4.69) is 41.8 Å². The van der Waals surface area contributed by atoms with Crippen LogP contribution in [0.5, 0.6) is 0 Å². The van der Waals surface area contributed by atoms with Gasteiger partial charge in [0.2, 0.25) is 11.8 Å². The topological polar surface area (TPSA) is 198 Å². The molecule has 1 aromatic heterocycles. The summed E-state index contributed by atoms with van der Waals surface area (Å²) in [5.74, 6) is -3.20. The normalized spacial score (nSPS) is 18.4. The van der Waals surface area contributed by atoms with Crippen molar-refractivity contribution in [3.63, 3.8) is 0 Å². The number of rotatable bonds is 13. The molecule has 8 N–H and O–H groups in total. The molecule has 1 aliphatic rings. The van der Waals surface area contributed by atoms with Crippen LogP contribution in [0.15, 0.2) is 6.20 Å². The van der Waals surface area contributed by atoms with Crippen molar-refractivity contribution in [1.82, 2.24) is 52.0 Å². The molecule has 0 radical (unpaired) electrons. The number of aliphatic hydroxyl groups excluding tert-OH is 1. The quantitative estimate of drug-likeness (QED) is 0.0766. The highest BCUT2D eigenvalue weighted by atomic mass is 16.5. The van der Waals surface area contributed by atoms with Crippen molar-refractivity contribution in [2.45, 2.75) is 85.5 Å². The van der Waals surface area contributed by atoms with E-state index in [4.69, 9.17) is 5.21 Å². The number of nitrogens with one attached hydrogen (secondary N) is 6. The smallest absolute Gasteiger partial charge is 0.272 e. The van der Waals surface area contributed by atoms with E-state index in [0.29, 0.717) is 19.5 Å². The van der Waals surface area contributed by atoms with E-state index < -0.39 is 35.3 Å². The summed E-state index contributed by atoms with van der Waals surface area (Å²) in [4.78, 5) is 40.6. The first-order valence-electron chi connectivity index (χ1n) is 16.4.